The largest absolute Gasteiger partial charge is 0.370 e. The van der Waals surface area contributed by atoms with Crippen molar-refractivity contribution in [2.45, 2.75) is 45.4 Å². The highest BCUT2D eigenvalue weighted by Gasteiger charge is 2.36. The molecule has 0 aliphatic heterocycles. The van der Waals surface area contributed by atoms with Crippen LogP contribution in [0.3, 0.4) is 0 Å². The molecule has 21 heavy (non-hydrogen) atoms. The predicted molar refractivity (Wildman–Crippen MR) is 101 cm³/mol. The van der Waals surface area contributed by atoms with Gasteiger partial charge >= 0.3 is 0 Å². The molecular weight excluding hydrogens is 373 g/mol. The molecule has 1 saturated carbocycles. The van der Waals surface area contributed by atoms with Gasteiger partial charge in [0.1, 0.15) is 0 Å². The lowest BCUT2D eigenvalue weighted by atomic mass is 9.65. The zero-order valence-corrected chi connectivity index (χ0v) is 15.3. The summed E-state index contributed by atoms with van der Waals surface area (Å²) in [6.45, 7) is 3.96. The van der Waals surface area contributed by atoms with Crippen molar-refractivity contribution in [1.82, 2.24) is 5.32 Å². The van der Waals surface area contributed by atoms with Gasteiger partial charge in [-0.1, -0.05) is 50.1 Å². The second-order valence-corrected chi connectivity index (χ2v) is 6.00. The molecule has 0 bridgehead atoms. The quantitative estimate of drug-likeness (QED) is 0.317. The van der Waals surface area contributed by atoms with Crippen molar-refractivity contribution >= 4 is 29.9 Å². The zero-order valence-electron chi connectivity index (χ0n) is 13.0. The molecule has 2 rings (SSSR count). The van der Waals surface area contributed by atoms with Crippen molar-refractivity contribution in [2.75, 3.05) is 13.1 Å². The van der Waals surface area contributed by atoms with Gasteiger partial charge in [0, 0.05) is 13.1 Å². The van der Waals surface area contributed by atoms with E-state index in [0.29, 0.717) is 11.4 Å². The number of aliphatic imine (C=N–C) groups is 1. The molecule has 0 atom stereocenters. The van der Waals surface area contributed by atoms with Crippen LogP contribution in [-0.2, 0) is 6.42 Å². The van der Waals surface area contributed by atoms with Crippen LogP contribution in [0, 0.1) is 5.41 Å². The maximum Gasteiger partial charge on any atom is 0.188 e. The fourth-order valence-corrected chi connectivity index (χ4v) is 2.80. The van der Waals surface area contributed by atoms with Crippen LogP contribution in [-0.4, -0.2) is 19.0 Å². The highest BCUT2D eigenvalue weighted by Crippen LogP contribution is 2.43. The van der Waals surface area contributed by atoms with Crippen LogP contribution in [0.25, 0.3) is 0 Å². The Morgan fingerprint density at radius 2 is 2.00 bits per heavy atom. The number of halogens is 1. The van der Waals surface area contributed by atoms with Crippen molar-refractivity contribution < 1.29 is 0 Å². The maximum atomic E-state index is 5.93. The van der Waals surface area contributed by atoms with Crippen LogP contribution < -0.4 is 11.1 Å². The third-order valence-corrected chi connectivity index (χ3v) is 4.26. The van der Waals surface area contributed by atoms with E-state index in [9.17, 15) is 0 Å². The molecule has 3 N–H and O–H groups in total. The summed E-state index contributed by atoms with van der Waals surface area (Å²) in [6, 6.07) is 10.7. The van der Waals surface area contributed by atoms with E-state index in [2.05, 4.69) is 47.6 Å². The minimum atomic E-state index is 0. The molecule has 0 amide bonds. The van der Waals surface area contributed by atoms with E-state index in [-0.39, 0.29) is 24.0 Å². The standard InChI is InChI=1S/C17H27N3.HI/c1-2-3-12-19-16(18)20-14-17(10-7-11-17)13-15-8-5-4-6-9-15;/h4-6,8-9H,2-3,7,10-14H2,1H3,(H3,18,19,20);1H. The second-order valence-electron chi connectivity index (χ2n) is 6.00. The van der Waals surface area contributed by atoms with Crippen molar-refractivity contribution in [1.29, 1.82) is 0 Å². The minimum absolute atomic E-state index is 0. The summed E-state index contributed by atoms with van der Waals surface area (Å²) in [5, 5.41) is 3.20. The van der Waals surface area contributed by atoms with Crippen molar-refractivity contribution in [3.8, 4) is 0 Å². The number of guanidine groups is 1. The van der Waals surface area contributed by atoms with E-state index >= 15 is 0 Å². The average Bonchev–Trinajstić information content (AvgIpc) is 2.43. The molecule has 118 valence electrons. The molecule has 1 aliphatic rings. The molecule has 0 heterocycles. The summed E-state index contributed by atoms with van der Waals surface area (Å²) >= 11 is 0. The number of hydrogen-bond donors (Lipinski definition) is 2. The summed E-state index contributed by atoms with van der Waals surface area (Å²) in [5.74, 6) is 0.609. The highest BCUT2D eigenvalue weighted by atomic mass is 127. The van der Waals surface area contributed by atoms with Crippen LogP contribution >= 0.6 is 24.0 Å². The molecule has 0 spiro atoms. The van der Waals surface area contributed by atoms with E-state index in [1.807, 2.05) is 0 Å². The maximum absolute atomic E-state index is 5.93. The summed E-state index contributed by atoms with van der Waals surface area (Å²) in [6.07, 6.45) is 7.32. The number of rotatable bonds is 7. The lowest BCUT2D eigenvalue weighted by molar-refractivity contribution is 0.145. The van der Waals surface area contributed by atoms with Crippen molar-refractivity contribution in [3.05, 3.63) is 35.9 Å². The van der Waals surface area contributed by atoms with Gasteiger partial charge in [-0.05, 0) is 36.7 Å². The summed E-state index contributed by atoms with van der Waals surface area (Å²) in [7, 11) is 0. The fourth-order valence-electron chi connectivity index (χ4n) is 2.80. The Balaban J connectivity index is 0.00000220. The molecule has 0 unspecified atom stereocenters. The third-order valence-electron chi connectivity index (χ3n) is 4.26. The normalized spacial score (nSPS) is 16.7. The number of hydrogen-bond acceptors (Lipinski definition) is 1. The van der Waals surface area contributed by atoms with Crippen molar-refractivity contribution in [3.63, 3.8) is 0 Å². The lowest BCUT2D eigenvalue weighted by Crippen LogP contribution is -2.38. The molecule has 0 aromatic heterocycles. The molecule has 0 saturated heterocycles. The Labute approximate surface area is 145 Å². The molecule has 3 nitrogen and oxygen atoms in total. The average molecular weight is 401 g/mol. The number of nitrogens with two attached hydrogens (primary N) is 1. The van der Waals surface area contributed by atoms with Gasteiger partial charge in [-0.3, -0.25) is 4.99 Å². The van der Waals surface area contributed by atoms with Gasteiger partial charge in [-0.15, -0.1) is 24.0 Å². The van der Waals surface area contributed by atoms with Crippen LogP contribution in [0.15, 0.2) is 35.3 Å². The molecular formula is C17H28IN3. The topological polar surface area (TPSA) is 50.4 Å². The zero-order chi connectivity index (χ0) is 14.3. The van der Waals surface area contributed by atoms with Crippen molar-refractivity contribution in [2.24, 2.45) is 16.1 Å². The number of nitrogens with zero attached hydrogens (tertiary/aromatic N) is 1. The van der Waals surface area contributed by atoms with E-state index < -0.39 is 0 Å². The smallest absolute Gasteiger partial charge is 0.188 e. The predicted octanol–water partition coefficient (Wildman–Crippen LogP) is 3.72. The molecule has 1 aliphatic carbocycles. The van der Waals surface area contributed by atoms with Crippen LogP contribution in [0.4, 0.5) is 0 Å². The first-order valence-corrected chi connectivity index (χ1v) is 7.82. The molecule has 1 aromatic rings. The summed E-state index contributed by atoms with van der Waals surface area (Å²) < 4.78 is 0. The fraction of sp³-hybridized carbons (Fsp3) is 0.588. The van der Waals surface area contributed by atoms with Gasteiger partial charge < -0.3 is 11.1 Å². The third kappa shape index (κ3) is 5.85. The van der Waals surface area contributed by atoms with E-state index in [0.717, 1.165) is 25.9 Å². The van der Waals surface area contributed by atoms with Gasteiger partial charge in [0.2, 0.25) is 0 Å². The number of benzene rings is 1. The Morgan fingerprint density at radius 3 is 2.57 bits per heavy atom. The van der Waals surface area contributed by atoms with Crippen LogP contribution in [0.2, 0.25) is 0 Å². The minimum Gasteiger partial charge on any atom is -0.370 e. The van der Waals surface area contributed by atoms with Gasteiger partial charge in [-0.2, -0.15) is 0 Å². The Kier molecular flexibility index (Phi) is 8.07. The number of nitrogens with one attached hydrogen (secondary N) is 1. The second kappa shape index (κ2) is 9.28. The monoisotopic (exact) mass is 401 g/mol. The number of unbranched alkanes of at least 4 members (excludes halogenated alkanes) is 1. The summed E-state index contributed by atoms with van der Waals surface area (Å²) in [5.41, 5.74) is 7.69. The Morgan fingerprint density at radius 1 is 1.29 bits per heavy atom. The van der Waals surface area contributed by atoms with E-state index in [1.165, 1.54) is 31.2 Å². The van der Waals surface area contributed by atoms with Crippen LogP contribution in [0.1, 0.15) is 44.6 Å². The van der Waals surface area contributed by atoms with Gasteiger partial charge in [-0.25, -0.2) is 0 Å². The first kappa shape index (κ1) is 18.3. The summed E-state index contributed by atoms with van der Waals surface area (Å²) in [4.78, 5) is 4.57. The Hall–Kier alpha value is -0.780. The highest BCUT2D eigenvalue weighted by molar-refractivity contribution is 14.0. The Bertz CT molecular complexity index is 427. The molecule has 4 heteroatoms. The van der Waals surface area contributed by atoms with Gasteiger partial charge in [0.05, 0.1) is 0 Å². The molecule has 0 radical (unpaired) electrons. The van der Waals surface area contributed by atoms with Gasteiger partial charge in [0.15, 0.2) is 5.96 Å². The molecule has 1 aromatic carbocycles. The van der Waals surface area contributed by atoms with Gasteiger partial charge in [0.25, 0.3) is 0 Å². The van der Waals surface area contributed by atoms with Crippen LogP contribution in [0.5, 0.6) is 0 Å². The molecule has 1 fully saturated rings. The SMILES string of the molecule is CCCCNC(N)=NCC1(Cc2ccccc2)CCC1.I. The first-order valence-electron chi connectivity index (χ1n) is 7.82. The van der Waals surface area contributed by atoms with E-state index in [1.54, 1.807) is 0 Å². The van der Waals surface area contributed by atoms with E-state index in [4.69, 9.17) is 5.73 Å². The lowest BCUT2D eigenvalue weighted by Gasteiger charge is -2.41. The first-order chi connectivity index (χ1) is 9.74.